The minimum Gasteiger partial charge on any atom is -0.381 e. The van der Waals surface area contributed by atoms with Crippen molar-refractivity contribution in [3.05, 3.63) is 35.4 Å². The summed E-state index contributed by atoms with van der Waals surface area (Å²) in [6, 6.07) is 7.79. The van der Waals surface area contributed by atoms with Gasteiger partial charge in [-0.3, -0.25) is 4.79 Å². The molecule has 1 heterocycles. The van der Waals surface area contributed by atoms with Crippen LogP contribution in [0.4, 0.5) is 0 Å². The highest BCUT2D eigenvalue weighted by Gasteiger charge is 2.19. The van der Waals surface area contributed by atoms with Gasteiger partial charge in [-0.1, -0.05) is 28.1 Å². The molecular weight excluding hydrogens is 306 g/mol. The van der Waals surface area contributed by atoms with Gasteiger partial charge >= 0.3 is 0 Å². The van der Waals surface area contributed by atoms with Gasteiger partial charge in [0.05, 0.1) is 0 Å². The van der Waals surface area contributed by atoms with Crippen molar-refractivity contribution in [2.45, 2.75) is 18.2 Å². The number of carbonyl (C=O) groups excluding carboxylic acids is 1. The summed E-state index contributed by atoms with van der Waals surface area (Å²) >= 11 is 3.41. The molecule has 0 saturated carbocycles. The Balaban J connectivity index is 1.93. The van der Waals surface area contributed by atoms with Crippen LogP contribution in [0.25, 0.3) is 0 Å². The van der Waals surface area contributed by atoms with Crippen LogP contribution in [0.3, 0.4) is 0 Å². The van der Waals surface area contributed by atoms with Crippen molar-refractivity contribution in [2.75, 3.05) is 26.8 Å². The number of nitrogens with zero attached hydrogens (tertiary/aromatic N) is 1. The number of hydrogen-bond acceptors (Lipinski definition) is 2. The second-order valence-corrected chi connectivity index (χ2v) is 5.63. The van der Waals surface area contributed by atoms with Gasteiger partial charge < -0.3 is 9.64 Å². The van der Waals surface area contributed by atoms with Gasteiger partial charge in [-0.05, 0) is 36.5 Å². The van der Waals surface area contributed by atoms with E-state index in [0.29, 0.717) is 5.92 Å². The molecule has 1 amide bonds. The molecule has 19 heavy (non-hydrogen) atoms. The second-order valence-electron chi connectivity index (χ2n) is 5.07. The standard InChI is InChI=1S/C15H20BrNO2/c1-17(11-13-6-8-19-9-7-13)15(18)14-4-2-12(10-16)3-5-14/h2-5,13H,6-11H2,1H3. The molecular formula is C15H20BrNO2. The summed E-state index contributed by atoms with van der Waals surface area (Å²) in [5.41, 5.74) is 1.95. The van der Waals surface area contributed by atoms with Crippen LogP contribution in [-0.4, -0.2) is 37.6 Å². The van der Waals surface area contributed by atoms with E-state index in [4.69, 9.17) is 4.74 Å². The predicted octanol–water partition coefficient (Wildman–Crippen LogP) is 3.08. The minimum absolute atomic E-state index is 0.104. The Kier molecular flexibility index (Phi) is 5.40. The smallest absolute Gasteiger partial charge is 0.253 e. The zero-order valence-corrected chi connectivity index (χ0v) is 12.9. The van der Waals surface area contributed by atoms with Crippen molar-refractivity contribution in [1.29, 1.82) is 0 Å². The van der Waals surface area contributed by atoms with Gasteiger partial charge in [0.1, 0.15) is 0 Å². The summed E-state index contributed by atoms with van der Waals surface area (Å²) in [7, 11) is 1.89. The third-order valence-corrected chi connectivity index (χ3v) is 4.22. The Bertz CT molecular complexity index is 413. The lowest BCUT2D eigenvalue weighted by molar-refractivity contribution is 0.0497. The zero-order valence-electron chi connectivity index (χ0n) is 11.3. The highest BCUT2D eigenvalue weighted by atomic mass is 79.9. The van der Waals surface area contributed by atoms with E-state index < -0.39 is 0 Å². The molecule has 104 valence electrons. The molecule has 0 aromatic heterocycles. The van der Waals surface area contributed by atoms with E-state index >= 15 is 0 Å². The van der Waals surface area contributed by atoms with Gasteiger partial charge in [-0.2, -0.15) is 0 Å². The molecule has 0 radical (unpaired) electrons. The van der Waals surface area contributed by atoms with Gasteiger partial charge in [-0.25, -0.2) is 0 Å². The van der Waals surface area contributed by atoms with Crippen LogP contribution in [0, 0.1) is 5.92 Å². The minimum atomic E-state index is 0.104. The number of ether oxygens (including phenoxy) is 1. The van der Waals surface area contributed by atoms with Crippen LogP contribution < -0.4 is 0 Å². The number of halogens is 1. The van der Waals surface area contributed by atoms with Crippen LogP contribution >= 0.6 is 15.9 Å². The van der Waals surface area contributed by atoms with Crippen LogP contribution in [-0.2, 0) is 10.1 Å². The quantitative estimate of drug-likeness (QED) is 0.796. The molecule has 4 heteroatoms. The molecule has 0 bridgehead atoms. The summed E-state index contributed by atoms with van der Waals surface area (Å²) < 4.78 is 5.34. The lowest BCUT2D eigenvalue weighted by atomic mass is 9.99. The number of alkyl halides is 1. The van der Waals surface area contributed by atoms with Gasteiger partial charge in [0.15, 0.2) is 0 Å². The molecule has 1 saturated heterocycles. The molecule has 1 aliphatic rings. The molecule has 1 fully saturated rings. The summed E-state index contributed by atoms with van der Waals surface area (Å²) in [6.07, 6.45) is 2.11. The van der Waals surface area contributed by atoms with E-state index in [1.807, 2.05) is 36.2 Å². The number of carbonyl (C=O) groups is 1. The van der Waals surface area contributed by atoms with Gasteiger partial charge in [0, 0.05) is 37.7 Å². The number of hydrogen-bond donors (Lipinski definition) is 0. The van der Waals surface area contributed by atoms with Crippen molar-refractivity contribution in [2.24, 2.45) is 5.92 Å². The maximum atomic E-state index is 12.3. The van der Waals surface area contributed by atoms with E-state index in [0.717, 1.165) is 43.5 Å². The first kappa shape index (κ1) is 14.5. The average molecular weight is 326 g/mol. The van der Waals surface area contributed by atoms with E-state index in [1.54, 1.807) is 0 Å². The summed E-state index contributed by atoms with van der Waals surface area (Å²) in [5, 5.41) is 0.819. The first-order chi connectivity index (χ1) is 9.20. The first-order valence-corrected chi connectivity index (χ1v) is 7.81. The van der Waals surface area contributed by atoms with Crippen molar-refractivity contribution >= 4 is 21.8 Å². The Morgan fingerprint density at radius 3 is 2.53 bits per heavy atom. The molecule has 0 aliphatic carbocycles. The average Bonchev–Trinajstić information content (AvgIpc) is 2.47. The Labute approximate surface area is 123 Å². The topological polar surface area (TPSA) is 29.5 Å². The fraction of sp³-hybridized carbons (Fsp3) is 0.533. The second kappa shape index (κ2) is 7.06. The highest BCUT2D eigenvalue weighted by Crippen LogP contribution is 2.17. The van der Waals surface area contributed by atoms with Crippen LogP contribution in [0.15, 0.2) is 24.3 Å². The molecule has 1 aliphatic heterocycles. The number of benzene rings is 1. The molecule has 1 aromatic carbocycles. The van der Waals surface area contributed by atoms with E-state index in [2.05, 4.69) is 15.9 Å². The fourth-order valence-corrected chi connectivity index (χ4v) is 2.73. The SMILES string of the molecule is CN(CC1CCOCC1)C(=O)c1ccc(CBr)cc1. The molecule has 1 aromatic rings. The third-order valence-electron chi connectivity index (χ3n) is 3.57. The normalized spacial score (nSPS) is 16.3. The molecule has 0 N–H and O–H groups in total. The molecule has 2 rings (SSSR count). The Morgan fingerprint density at radius 1 is 1.32 bits per heavy atom. The molecule has 0 unspecified atom stereocenters. The maximum absolute atomic E-state index is 12.3. The molecule has 3 nitrogen and oxygen atoms in total. The zero-order chi connectivity index (χ0) is 13.7. The van der Waals surface area contributed by atoms with E-state index in [9.17, 15) is 4.79 Å². The van der Waals surface area contributed by atoms with Crippen LogP contribution in [0.5, 0.6) is 0 Å². The van der Waals surface area contributed by atoms with Crippen LogP contribution in [0.2, 0.25) is 0 Å². The predicted molar refractivity (Wildman–Crippen MR) is 79.6 cm³/mol. The Morgan fingerprint density at radius 2 is 1.95 bits per heavy atom. The van der Waals surface area contributed by atoms with E-state index in [-0.39, 0.29) is 5.91 Å². The van der Waals surface area contributed by atoms with E-state index in [1.165, 1.54) is 5.56 Å². The lowest BCUT2D eigenvalue weighted by Crippen LogP contribution is -2.34. The van der Waals surface area contributed by atoms with Crippen molar-refractivity contribution in [1.82, 2.24) is 4.90 Å². The first-order valence-electron chi connectivity index (χ1n) is 6.69. The maximum Gasteiger partial charge on any atom is 0.253 e. The number of amides is 1. The summed E-state index contributed by atoms with van der Waals surface area (Å²) in [4.78, 5) is 14.1. The van der Waals surface area contributed by atoms with Gasteiger partial charge in [0.2, 0.25) is 0 Å². The van der Waals surface area contributed by atoms with Crippen molar-refractivity contribution in [3.63, 3.8) is 0 Å². The third kappa shape index (κ3) is 4.05. The summed E-state index contributed by atoms with van der Waals surface area (Å²) in [6.45, 7) is 2.47. The Hall–Kier alpha value is -0.870. The van der Waals surface area contributed by atoms with Gasteiger partial charge in [-0.15, -0.1) is 0 Å². The molecule has 0 atom stereocenters. The monoisotopic (exact) mass is 325 g/mol. The largest absolute Gasteiger partial charge is 0.381 e. The van der Waals surface area contributed by atoms with Crippen molar-refractivity contribution < 1.29 is 9.53 Å². The highest BCUT2D eigenvalue weighted by molar-refractivity contribution is 9.08. The van der Waals surface area contributed by atoms with Crippen LogP contribution in [0.1, 0.15) is 28.8 Å². The van der Waals surface area contributed by atoms with Crippen molar-refractivity contribution in [3.8, 4) is 0 Å². The number of rotatable bonds is 4. The lowest BCUT2D eigenvalue weighted by Gasteiger charge is -2.27. The fourth-order valence-electron chi connectivity index (χ4n) is 2.36. The van der Waals surface area contributed by atoms with Gasteiger partial charge in [0.25, 0.3) is 5.91 Å². The summed E-state index contributed by atoms with van der Waals surface area (Å²) in [5.74, 6) is 0.678. The molecule has 0 spiro atoms.